The Morgan fingerprint density at radius 2 is 2.04 bits per heavy atom. The van der Waals surface area contributed by atoms with Gasteiger partial charge < -0.3 is 15.4 Å². The molecule has 0 aliphatic heterocycles. The highest BCUT2D eigenvalue weighted by Crippen LogP contribution is 2.27. The normalized spacial score (nSPS) is 10.8. The van der Waals surface area contributed by atoms with Crippen LogP contribution in [-0.4, -0.2) is 13.0 Å². The molecule has 2 aromatic carbocycles. The number of hydrogen-bond donors (Lipinski definition) is 2. The summed E-state index contributed by atoms with van der Waals surface area (Å²) < 4.78 is 31.4. The van der Waals surface area contributed by atoms with E-state index in [9.17, 15) is 13.6 Å². The Hall–Kier alpha value is -3.11. The molecule has 128 valence electrons. The zero-order valence-corrected chi connectivity index (χ0v) is 13.7. The van der Waals surface area contributed by atoms with Gasteiger partial charge in [-0.3, -0.25) is 4.79 Å². The van der Waals surface area contributed by atoms with Gasteiger partial charge in [0.1, 0.15) is 29.0 Å². The second-order valence-corrected chi connectivity index (χ2v) is 5.15. The number of ether oxygens (including phenoxy) is 1. The van der Waals surface area contributed by atoms with E-state index in [4.69, 9.17) is 21.6 Å². The predicted octanol–water partition coefficient (Wildman–Crippen LogP) is 4.08. The quantitative estimate of drug-likeness (QED) is 0.620. The van der Waals surface area contributed by atoms with Gasteiger partial charge in [-0.1, -0.05) is 11.6 Å². The fraction of sp³-hybridized carbons (Fsp3) is 0.0588. The maximum absolute atomic E-state index is 13.5. The van der Waals surface area contributed by atoms with Crippen molar-refractivity contribution in [1.29, 1.82) is 5.26 Å². The first-order valence-electron chi connectivity index (χ1n) is 6.91. The third-order valence-corrected chi connectivity index (χ3v) is 3.37. The van der Waals surface area contributed by atoms with Crippen LogP contribution in [0.4, 0.5) is 20.2 Å². The molecule has 0 fully saturated rings. The zero-order chi connectivity index (χ0) is 18.4. The average Bonchev–Trinajstić information content (AvgIpc) is 2.57. The van der Waals surface area contributed by atoms with E-state index in [-0.39, 0.29) is 16.3 Å². The van der Waals surface area contributed by atoms with Crippen LogP contribution in [0.15, 0.2) is 48.2 Å². The van der Waals surface area contributed by atoms with Gasteiger partial charge in [0.25, 0.3) is 5.91 Å². The molecule has 0 aliphatic carbocycles. The van der Waals surface area contributed by atoms with Crippen molar-refractivity contribution in [2.24, 2.45) is 0 Å². The summed E-state index contributed by atoms with van der Waals surface area (Å²) in [6.45, 7) is 0. The summed E-state index contributed by atoms with van der Waals surface area (Å²) in [7, 11) is 1.45. The summed E-state index contributed by atoms with van der Waals surface area (Å²) in [6.07, 6.45) is 1.02. The summed E-state index contributed by atoms with van der Waals surface area (Å²) in [5, 5.41) is 14.3. The summed E-state index contributed by atoms with van der Waals surface area (Å²) >= 11 is 5.96. The Labute approximate surface area is 147 Å². The van der Waals surface area contributed by atoms with Crippen LogP contribution in [0.5, 0.6) is 5.75 Å². The van der Waals surface area contributed by atoms with Crippen molar-refractivity contribution in [3.8, 4) is 11.8 Å². The highest BCUT2D eigenvalue weighted by Gasteiger charge is 2.11. The molecule has 1 amide bonds. The van der Waals surface area contributed by atoms with Gasteiger partial charge >= 0.3 is 0 Å². The average molecular weight is 364 g/mol. The third-order valence-electron chi connectivity index (χ3n) is 3.08. The molecule has 2 rings (SSSR count). The lowest BCUT2D eigenvalue weighted by Gasteiger charge is -2.08. The minimum atomic E-state index is -0.851. The van der Waals surface area contributed by atoms with Gasteiger partial charge in [-0.25, -0.2) is 8.78 Å². The standard InChI is InChI=1S/C17H12ClF2N3O2/c1-25-16-5-3-12(7-13(16)18)23-17(24)10(8-21)9-22-15-4-2-11(19)6-14(15)20/h2-7,9,22H,1H3,(H,23,24)/b10-9-. The van der Waals surface area contributed by atoms with E-state index in [0.29, 0.717) is 17.5 Å². The van der Waals surface area contributed by atoms with Gasteiger partial charge in [0.2, 0.25) is 0 Å². The number of anilines is 2. The molecule has 0 unspecified atom stereocenters. The van der Waals surface area contributed by atoms with Crippen LogP contribution in [-0.2, 0) is 4.79 Å². The van der Waals surface area contributed by atoms with E-state index in [1.165, 1.54) is 13.2 Å². The lowest BCUT2D eigenvalue weighted by molar-refractivity contribution is -0.112. The molecule has 0 radical (unpaired) electrons. The number of carbonyl (C=O) groups is 1. The maximum atomic E-state index is 13.5. The van der Waals surface area contributed by atoms with Gasteiger partial charge in [0.05, 0.1) is 17.8 Å². The monoisotopic (exact) mass is 363 g/mol. The first kappa shape index (κ1) is 18.2. The van der Waals surface area contributed by atoms with Crippen molar-refractivity contribution < 1.29 is 18.3 Å². The molecule has 0 aromatic heterocycles. The van der Waals surface area contributed by atoms with Crippen molar-refractivity contribution in [3.05, 3.63) is 64.8 Å². The SMILES string of the molecule is COc1ccc(NC(=O)/C(C#N)=C\Nc2ccc(F)cc2F)cc1Cl. The number of methoxy groups -OCH3 is 1. The second kappa shape index (κ2) is 8.13. The minimum Gasteiger partial charge on any atom is -0.495 e. The van der Waals surface area contributed by atoms with Gasteiger partial charge in [-0.15, -0.1) is 0 Å². The molecule has 0 heterocycles. The summed E-state index contributed by atoms with van der Waals surface area (Å²) in [5.41, 5.74) is -0.0324. The Bertz CT molecular complexity index is 879. The molecular formula is C17H12ClF2N3O2. The first-order chi connectivity index (χ1) is 11.9. The Morgan fingerprint density at radius 3 is 2.64 bits per heavy atom. The summed E-state index contributed by atoms with van der Waals surface area (Å²) in [5.74, 6) is -1.87. The third kappa shape index (κ3) is 4.68. The van der Waals surface area contributed by atoms with Gasteiger partial charge in [-0.2, -0.15) is 5.26 Å². The molecule has 25 heavy (non-hydrogen) atoms. The molecule has 0 saturated carbocycles. The van der Waals surface area contributed by atoms with Crippen molar-refractivity contribution >= 4 is 28.9 Å². The van der Waals surface area contributed by atoms with Gasteiger partial charge in [0, 0.05) is 18.0 Å². The molecule has 0 saturated heterocycles. The van der Waals surface area contributed by atoms with E-state index < -0.39 is 17.5 Å². The number of nitrogens with one attached hydrogen (secondary N) is 2. The number of nitriles is 1. The fourth-order valence-electron chi connectivity index (χ4n) is 1.85. The first-order valence-corrected chi connectivity index (χ1v) is 7.29. The number of nitrogens with zero attached hydrogens (tertiary/aromatic N) is 1. The van der Waals surface area contributed by atoms with E-state index in [1.807, 2.05) is 0 Å². The Morgan fingerprint density at radius 1 is 1.28 bits per heavy atom. The summed E-state index contributed by atoms with van der Waals surface area (Å²) in [4.78, 5) is 12.1. The molecule has 5 nitrogen and oxygen atoms in total. The Balaban J connectivity index is 2.12. The molecular weight excluding hydrogens is 352 g/mol. The Kier molecular flexibility index (Phi) is 5.93. The predicted molar refractivity (Wildman–Crippen MR) is 90.3 cm³/mol. The number of hydrogen-bond acceptors (Lipinski definition) is 4. The van der Waals surface area contributed by atoms with Crippen LogP contribution < -0.4 is 15.4 Å². The van der Waals surface area contributed by atoms with Crippen molar-refractivity contribution in [2.75, 3.05) is 17.7 Å². The highest BCUT2D eigenvalue weighted by atomic mass is 35.5. The van der Waals surface area contributed by atoms with Crippen molar-refractivity contribution in [1.82, 2.24) is 0 Å². The van der Waals surface area contributed by atoms with Crippen LogP contribution in [0.3, 0.4) is 0 Å². The van der Waals surface area contributed by atoms with Gasteiger partial charge in [0.15, 0.2) is 0 Å². The van der Waals surface area contributed by atoms with Crippen LogP contribution in [0, 0.1) is 23.0 Å². The fourth-order valence-corrected chi connectivity index (χ4v) is 2.11. The molecule has 0 atom stereocenters. The maximum Gasteiger partial charge on any atom is 0.267 e. The second-order valence-electron chi connectivity index (χ2n) is 4.74. The van der Waals surface area contributed by atoms with Gasteiger partial charge in [-0.05, 0) is 30.3 Å². The van der Waals surface area contributed by atoms with Crippen LogP contribution in [0.25, 0.3) is 0 Å². The minimum absolute atomic E-state index is 0.0746. The summed E-state index contributed by atoms with van der Waals surface area (Å²) in [6, 6.07) is 9.13. The van der Waals surface area contributed by atoms with E-state index >= 15 is 0 Å². The zero-order valence-electron chi connectivity index (χ0n) is 12.9. The molecule has 8 heteroatoms. The number of benzene rings is 2. The molecule has 0 aliphatic rings. The topological polar surface area (TPSA) is 74.1 Å². The number of amides is 1. The largest absolute Gasteiger partial charge is 0.495 e. The van der Waals surface area contributed by atoms with E-state index in [1.54, 1.807) is 18.2 Å². The smallest absolute Gasteiger partial charge is 0.267 e. The van der Waals surface area contributed by atoms with E-state index in [2.05, 4.69) is 10.6 Å². The van der Waals surface area contributed by atoms with Crippen LogP contribution >= 0.6 is 11.6 Å². The lowest BCUT2D eigenvalue weighted by Crippen LogP contribution is -2.14. The van der Waals surface area contributed by atoms with E-state index in [0.717, 1.165) is 18.3 Å². The van der Waals surface area contributed by atoms with Crippen LogP contribution in [0.2, 0.25) is 5.02 Å². The van der Waals surface area contributed by atoms with Crippen molar-refractivity contribution in [2.45, 2.75) is 0 Å². The number of rotatable bonds is 5. The lowest BCUT2D eigenvalue weighted by atomic mass is 10.2. The van der Waals surface area contributed by atoms with Crippen molar-refractivity contribution in [3.63, 3.8) is 0 Å². The van der Waals surface area contributed by atoms with Crippen LogP contribution in [0.1, 0.15) is 0 Å². The number of halogens is 3. The number of carbonyl (C=O) groups excluding carboxylic acids is 1. The molecule has 2 N–H and O–H groups in total. The highest BCUT2D eigenvalue weighted by molar-refractivity contribution is 6.32. The molecule has 2 aromatic rings. The molecule has 0 bridgehead atoms. The molecule has 0 spiro atoms.